The molecular formula is C14H17N3O5. The van der Waals surface area contributed by atoms with E-state index in [2.05, 4.69) is 10.0 Å². The number of rotatable bonds is 3. The van der Waals surface area contributed by atoms with Crippen LogP contribution in [0.25, 0.3) is 10.4 Å². The lowest BCUT2D eigenvalue weighted by molar-refractivity contribution is -0.337. The minimum Gasteiger partial charge on any atom is -0.387 e. The summed E-state index contributed by atoms with van der Waals surface area (Å²) in [7, 11) is 1.42. The number of hydrogen-bond acceptors (Lipinski definition) is 6. The molecule has 0 aromatic heterocycles. The zero-order valence-corrected chi connectivity index (χ0v) is 12.0. The highest BCUT2D eigenvalue weighted by molar-refractivity contribution is 5.16. The first-order valence-corrected chi connectivity index (χ1v) is 6.97. The van der Waals surface area contributed by atoms with Crippen LogP contribution < -0.4 is 0 Å². The van der Waals surface area contributed by atoms with Gasteiger partial charge in [-0.2, -0.15) is 0 Å². The molecule has 1 aromatic carbocycles. The molecule has 2 fully saturated rings. The van der Waals surface area contributed by atoms with E-state index < -0.39 is 36.9 Å². The van der Waals surface area contributed by atoms with Crippen LogP contribution in [0.15, 0.2) is 35.4 Å². The first-order chi connectivity index (χ1) is 10.7. The van der Waals surface area contributed by atoms with Gasteiger partial charge >= 0.3 is 0 Å². The van der Waals surface area contributed by atoms with Crippen molar-refractivity contribution in [3.05, 3.63) is 46.3 Å². The predicted molar refractivity (Wildman–Crippen MR) is 74.6 cm³/mol. The first-order valence-electron chi connectivity index (χ1n) is 6.97. The van der Waals surface area contributed by atoms with Crippen molar-refractivity contribution >= 4 is 0 Å². The van der Waals surface area contributed by atoms with Gasteiger partial charge in [0.25, 0.3) is 0 Å². The highest BCUT2D eigenvalue weighted by Gasteiger charge is 2.49. The summed E-state index contributed by atoms with van der Waals surface area (Å²) in [4.78, 5) is 2.80. The van der Waals surface area contributed by atoms with E-state index in [9.17, 15) is 5.11 Å². The fourth-order valence-electron chi connectivity index (χ4n) is 2.75. The third kappa shape index (κ3) is 2.80. The predicted octanol–water partition coefficient (Wildman–Crippen LogP) is 1.51. The van der Waals surface area contributed by atoms with Gasteiger partial charge in [-0.15, -0.1) is 0 Å². The SMILES string of the molecule is CO[C@@H]1O[C@H]2CO[C@H](c3ccccc3)O[C@@H]2[C@@H](N=[N+]=[N-])[C@@H]1O. The number of hydrogen-bond donors (Lipinski definition) is 1. The molecule has 3 rings (SSSR count). The van der Waals surface area contributed by atoms with E-state index in [1.165, 1.54) is 7.11 Å². The molecule has 2 heterocycles. The van der Waals surface area contributed by atoms with Gasteiger partial charge in [0.2, 0.25) is 0 Å². The molecule has 0 amide bonds. The largest absolute Gasteiger partial charge is 0.387 e. The number of methoxy groups -OCH3 is 1. The number of aliphatic hydroxyl groups is 1. The third-order valence-electron chi connectivity index (χ3n) is 3.82. The highest BCUT2D eigenvalue weighted by atomic mass is 16.7. The zero-order valence-electron chi connectivity index (χ0n) is 12.0. The second-order valence-corrected chi connectivity index (χ2v) is 5.14. The molecule has 0 spiro atoms. The minimum atomic E-state index is -1.10. The van der Waals surface area contributed by atoms with Gasteiger partial charge in [-0.05, 0) is 5.53 Å². The zero-order chi connectivity index (χ0) is 15.5. The molecule has 0 unspecified atom stereocenters. The lowest BCUT2D eigenvalue weighted by Gasteiger charge is -2.46. The molecule has 8 heteroatoms. The molecule has 1 N–H and O–H groups in total. The molecule has 22 heavy (non-hydrogen) atoms. The normalized spacial score (nSPS) is 37.9. The number of ether oxygens (including phenoxy) is 4. The Bertz CT molecular complexity index is 551. The Morgan fingerprint density at radius 1 is 1.32 bits per heavy atom. The van der Waals surface area contributed by atoms with E-state index in [-0.39, 0.29) is 6.61 Å². The van der Waals surface area contributed by atoms with Crippen LogP contribution in [0.3, 0.4) is 0 Å². The number of azide groups is 1. The average Bonchev–Trinajstić information content (AvgIpc) is 2.57. The van der Waals surface area contributed by atoms with Gasteiger partial charge in [0.15, 0.2) is 12.6 Å². The maximum Gasteiger partial charge on any atom is 0.184 e. The van der Waals surface area contributed by atoms with Gasteiger partial charge in [-0.3, -0.25) is 0 Å². The minimum absolute atomic E-state index is 0.258. The van der Waals surface area contributed by atoms with Gasteiger partial charge in [0, 0.05) is 17.6 Å². The lowest BCUT2D eigenvalue weighted by atomic mass is 9.96. The van der Waals surface area contributed by atoms with Crippen molar-refractivity contribution in [3.8, 4) is 0 Å². The monoisotopic (exact) mass is 307 g/mol. The van der Waals surface area contributed by atoms with Crippen molar-refractivity contribution < 1.29 is 24.1 Å². The van der Waals surface area contributed by atoms with E-state index in [1.807, 2.05) is 30.3 Å². The Kier molecular flexibility index (Phi) is 4.58. The summed E-state index contributed by atoms with van der Waals surface area (Å²) in [6.07, 6.45) is -3.64. The van der Waals surface area contributed by atoms with E-state index in [1.54, 1.807) is 0 Å². The molecule has 0 radical (unpaired) electrons. The Balaban J connectivity index is 1.82. The molecule has 6 atom stereocenters. The van der Waals surface area contributed by atoms with Crippen molar-refractivity contribution in [2.24, 2.45) is 5.11 Å². The smallest absolute Gasteiger partial charge is 0.184 e. The van der Waals surface area contributed by atoms with Gasteiger partial charge in [-0.1, -0.05) is 35.4 Å². The third-order valence-corrected chi connectivity index (χ3v) is 3.82. The fourth-order valence-corrected chi connectivity index (χ4v) is 2.75. The van der Waals surface area contributed by atoms with Crippen LogP contribution >= 0.6 is 0 Å². The van der Waals surface area contributed by atoms with E-state index in [0.29, 0.717) is 0 Å². The van der Waals surface area contributed by atoms with E-state index in [4.69, 9.17) is 24.5 Å². The Hall–Kier alpha value is -1.67. The molecule has 0 saturated carbocycles. The maximum atomic E-state index is 10.2. The fraction of sp³-hybridized carbons (Fsp3) is 0.571. The van der Waals surface area contributed by atoms with Crippen molar-refractivity contribution in [1.29, 1.82) is 0 Å². The van der Waals surface area contributed by atoms with Gasteiger partial charge in [-0.25, -0.2) is 0 Å². The van der Waals surface area contributed by atoms with Crippen LogP contribution in [0.4, 0.5) is 0 Å². The molecule has 118 valence electrons. The van der Waals surface area contributed by atoms with Gasteiger partial charge in [0.05, 0.1) is 12.6 Å². The molecule has 2 saturated heterocycles. The molecule has 0 aliphatic carbocycles. The second-order valence-electron chi connectivity index (χ2n) is 5.14. The molecule has 0 bridgehead atoms. The number of fused-ring (bicyclic) bond motifs is 1. The molecule has 2 aliphatic heterocycles. The average molecular weight is 307 g/mol. The van der Waals surface area contributed by atoms with Crippen LogP contribution in [0.2, 0.25) is 0 Å². The Morgan fingerprint density at radius 3 is 2.77 bits per heavy atom. The second kappa shape index (κ2) is 6.62. The Morgan fingerprint density at radius 2 is 2.09 bits per heavy atom. The summed E-state index contributed by atoms with van der Waals surface area (Å²) in [5, 5.41) is 13.9. The lowest BCUT2D eigenvalue weighted by Crippen LogP contribution is -2.61. The van der Waals surface area contributed by atoms with Crippen LogP contribution in [-0.4, -0.2) is 49.5 Å². The summed E-state index contributed by atoms with van der Waals surface area (Å²) in [5.74, 6) is 0. The molecule has 2 aliphatic rings. The Labute approximate surface area is 127 Å². The quantitative estimate of drug-likeness (QED) is 0.517. The van der Waals surface area contributed by atoms with Crippen LogP contribution in [0.5, 0.6) is 0 Å². The summed E-state index contributed by atoms with van der Waals surface area (Å²) in [6, 6.07) is 8.62. The standard InChI is InChI=1S/C14H17N3O5/c1-19-14-11(18)10(16-17-15)12-9(21-14)7-20-13(22-12)8-5-3-2-4-6-8/h2-6,9-14,18H,7H2,1H3/t9-,10-,11-,12-,13-,14+/m0/s1. The van der Waals surface area contributed by atoms with Crippen molar-refractivity contribution in [2.75, 3.05) is 13.7 Å². The highest BCUT2D eigenvalue weighted by Crippen LogP contribution is 2.35. The van der Waals surface area contributed by atoms with Crippen molar-refractivity contribution in [3.63, 3.8) is 0 Å². The van der Waals surface area contributed by atoms with Crippen molar-refractivity contribution in [2.45, 2.75) is 36.9 Å². The van der Waals surface area contributed by atoms with E-state index in [0.717, 1.165) is 5.56 Å². The number of aliphatic hydroxyl groups excluding tert-OH is 1. The summed E-state index contributed by atoms with van der Waals surface area (Å²) in [6.45, 7) is 0.258. The summed E-state index contributed by atoms with van der Waals surface area (Å²) >= 11 is 0. The van der Waals surface area contributed by atoms with Gasteiger partial charge in [0.1, 0.15) is 18.3 Å². The number of benzene rings is 1. The topological polar surface area (TPSA) is 106 Å². The molecule has 1 aromatic rings. The van der Waals surface area contributed by atoms with Crippen LogP contribution in [-0.2, 0) is 18.9 Å². The maximum absolute atomic E-state index is 10.2. The molecule has 8 nitrogen and oxygen atoms in total. The van der Waals surface area contributed by atoms with Crippen LogP contribution in [0.1, 0.15) is 11.9 Å². The van der Waals surface area contributed by atoms with Crippen molar-refractivity contribution in [1.82, 2.24) is 0 Å². The van der Waals surface area contributed by atoms with Gasteiger partial charge < -0.3 is 24.1 Å². The molecular weight excluding hydrogens is 290 g/mol. The number of nitrogens with zero attached hydrogens (tertiary/aromatic N) is 3. The summed E-state index contributed by atoms with van der Waals surface area (Å²) < 4.78 is 22.2. The van der Waals surface area contributed by atoms with Crippen LogP contribution in [0, 0.1) is 0 Å². The van der Waals surface area contributed by atoms with E-state index >= 15 is 0 Å². The first kappa shape index (κ1) is 15.2. The summed E-state index contributed by atoms with van der Waals surface area (Å²) in [5.41, 5.74) is 9.60.